The molecule has 0 aliphatic heterocycles. The molecule has 1 N–H and O–H groups in total. The van der Waals surface area contributed by atoms with Gasteiger partial charge in [0.2, 0.25) is 0 Å². The van der Waals surface area contributed by atoms with Crippen molar-refractivity contribution in [2.75, 3.05) is 11.9 Å². The number of imidazole rings is 1. The van der Waals surface area contributed by atoms with Gasteiger partial charge in [0.25, 0.3) is 0 Å². The van der Waals surface area contributed by atoms with Gasteiger partial charge in [0, 0.05) is 32.2 Å². The van der Waals surface area contributed by atoms with Crippen LogP contribution in [0.4, 0.5) is 5.82 Å². The summed E-state index contributed by atoms with van der Waals surface area (Å²) >= 11 is 2.23. The van der Waals surface area contributed by atoms with Gasteiger partial charge in [-0.1, -0.05) is 6.92 Å². The quantitative estimate of drug-likeness (QED) is 0.866. The molecule has 0 radical (unpaired) electrons. The lowest BCUT2D eigenvalue weighted by Crippen LogP contribution is -2.06. The Balaban J connectivity index is 2.34. The van der Waals surface area contributed by atoms with Crippen LogP contribution in [0.5, 0.6) is 0 Å². The maximum Gasteiger partial charge on any atom is 0.197 e. The Morgan fingerprint density at radius 3 is 2.88 bits per heavy atom. The van der Waals surface area contributed by atoms with Gasteiger partial charge in [-0.2, -0.15) is 0 Å². The summed E-state index contributed by atoms with van der Waals surface area (Å²) in [6.07, 6.45) is 6.51. The van der Waals surface area contributed by atoms with Crippen LogP contribution in [0, 0.1) is 3.57 Å². The third-order valence-corrected chi connectivity index (χ3v) is 3.10. The Morgan fingerprint density at radius 2 is 2.24 bits per heavy atom. The minimum absolute atomic E-state index is 0.650. The highest BCUT2D eigenvalue weighted by molar-refractivity contribution is 14.1. The Hall–Kier alpha value is -1.18. The van der Waals surface area contributed by atoms with E-state index < -0.39 is 0 Å². The molecule has 0 saturated heterocycles. The molecule has 0 spiro atoms. The van der Waals surface area contributed by atoms with E-state index in [0.29, 0.717) is 5.82 Å². The molecule has 0 aliphatic rings. The van der Waals surface area contributed by atoms with E-state index in [1.807, 2.05) is 24.0 Å². The van der Waals surface area contributed by atoms with Crippen molar-refractivity contribution in [3.8, 4) is 11.6 Å². The zero-order chi connectivity index (χ0) is 12.3. The maximum absolute atomic E-state index is 4.50. The van der Waals surface area contributed by atoms with Crippen LogP contribution in [0.25, 0.3) is 11.6 Å². The van der Waals surface area contributed by atoms with Crippen molar-refractivity contribution in [3.63, 3.8) is 0 Å². The molecule has 0 unspecified atom stereocenters. The van der Waals surface area contributed by atoms with Crippen LogP contribution in [0.15, 0.2) is 18.6 Å². The van der Waals surface area contributed by atoms with Gasteiger partial charge in [-0.15, -0.1) is 0 Å². The van der Waals surface area contributed by atoms with E-state index >= 15 is 0 Å². The molecule has 5 nitrogen and oxygen atoms in total. The largest absolute Gasteiger partial charge is 0.369 e. The first-order valence-electron chi connectivity index (χ1n) is 5.46. The molecule has 0 atom stereocenters. The molecular weight excluding hydrogens is 329 g/mol. The Labute approximate surface area is 114 Å². The molecule has 0 aromatic carbocycles. The van der Waals surface area contributed by atoms with E-state index in [0.717, 1.165) is 28.2 Å². The van der Waals surface area contributed by atoms with Crippen LogP contribution in [0.3, 0.4) is 0 Å². The first-order chi connectivity index (χ1) is 8.22. The predicted molar refractivity (Wildman–Crippen MR) is 75.7 cm³/mol. The molecule has 2 heterocycles. The standard InChI is InChI=1S/C11H14IN5/c1-3-4-13-9-8(12)7-15-10(16-9)11-14-5-6-17(11)2/h5-7H,3-4H2,1-2H3,(H,13,15,16). The fraction of sp³-hybridized carbons (Fsp3) is 0.364. The summed E-state index contributed by atoms with van der Waals surface area (Å²) in [4.78, 5) is 13.1. The van der Waals surface area contributed by atoms with E-state index in [9.17, 15) is 0 Å². The van der Waals surface area contributed by atoms with E-state index in [4.69, 9.17) is 0 Å². The molecule has 90 valence electrons. The lowest BCUT2D eigenvalue weighted by atomic mass is 10.4. The SMILES string of the molecule is CCCNc1nc(-c2nccn2C)ncc1I. The second kappa shape index (κ2) is 5.44. The highest BCUT2D eigenvalue weighted by atomic mass is 127. The fourth-order valence-electron chi connectivity index (χ4n) is 1.42. The number of rotatable bonds is 4. The van der Waals surface area contributed by atoms with Crippen LogP contribution >= 0.6 is 22.6 Å². The number of anilines is 1. The number of hydrogen-bond donors (Lipinski definition) is 1. The van der Waals surface area contributed by atoms with Crippen LogP contribution in [0.2, 0.25) is 0 Å². The van der Waals surface area contributed by atoms with Crippen LogP contribution in [-0.2, 0) is 7.05 Å². The smallest absolute Gasteiger partial charge is 0.197 e. The van der Waals surface area contributed by atoms with Crippen molar-refractivity contribution in [3.05, 3.63) is 22.2 Å². The second-order valence-electron chi connectivity index (χ2n) is 3.68. The van der Waals surface area contributed by atoms with E-state index in [-0.39, 0.29) is 0 Å². The summed E-state index contributed by atoms with van der Waals surface area (Å²) in [5.74, 6) is 2.30. The molecule has 6 heteroatoms. The van der Waals surface area contributed by atoms with Gasteiger partial charge in [-0.3, -0.25) is 0 Å². The lowest BCUT2D eigenvalue weighted by molar-refractivity contribution is 0.902. The zero-order valence-electron chi connectivity index (χ0n) is 9.81. The first kappa shape index (κ1) is 12.3. The van der Waals surface area contributed by atoms with Crippen molar-refractivity contribution in [2.24, 2.45) is 7.05 Å². The molecule has 2 rings (SSSR count). The van der Waals surface area contributed by atoms with Gasteiger partial charge in [-0.25, -0.2) is 15.0 Å². The summed E-state index contributed by atoms with van der Waals surface area (Å²) in [5, 5.41) is 3.29. The number of nitrogens with zero attached hydrogens (tertiary/aromatic N) is 4. The molecule has 0 fully saturated rings. The van der Waals surface area contributed by atoms with Gasteiger partial charge in [0.1, 0.15) is 5.82 Å². The Kier molecular flexibility index (Phi) is 3.93. The van der Waals surface area contributed by atoms with Gasteiger partial charge < -0.3 is 9.88 Å². The minimum atomic E-state index is 0.650. The van der Waals surface area contributed by atoms with Gasteiger partial charge >= 0.3 is 0 Å². The molecule has 0 aliphatic carbocycles. The summed E-state index contributed by atoms with van der Waals surface area (Å²) in [6, 6.07) is 0. The Morgan fingerprint density at radius 1 is 1.41 bits per heavy atom. The van der Waals surface area contributed by atoms with E-state index in [1.54, 1.807) is 6.20 Å². The normalized spacial score (nSPS) is 10.5. The maximum atomic E-state index is 4.50. The fourth-order valence-corrected chi connectivity index (χ4v) is 1.87. The minimum Gasteiger partial charge on any atom is -0.369 e. The second-order valence-corrected chi connectivity index (χ2v) is 4.84. The number of aryl methyl sites for hydroxylation is 1. The van der Waals surface area contributed by atoms with E-state index in [2.05, 4.69) is 49.8 Å². The van der Waals surface area contributed by atoms with Crippen molar-refractivity contribution in [2.45, 2.75) is 13.3 Å². The van der Waals surface area contributed by atoms with Crippen molar-refractivity contribution < 1.29 is 0 Å². The molecule has 2 aromatic rings. The monoisotopic (exact) mass is 343 g/mol. The summed E-state index contributed by atoms with van der Waals surface area (Å²) in [5.41, 5.74) is 0. The van der Waals surface area contributed by atoms with Crippen molar-refractivity contribution in [1.82, 2.24) is 19.5 Å². The number of nitrogens with one attached hydrogen (secondary N) is 1. The number of hydrogen-bond acceptors (Lipinski definition) is 4. The predicted octanol–water partition coefficient (Wildman–Crippen LogP) is 2.30. The average Bonchev–Trinajstić information content (AvgIpc) is 2.75. The molecule has 0 amide bonds. The van der Waals surface area contributed by atoms with Crippen LogP contribution in [-0.4, -0.2) is 26.1 Å². The summed E-state index contributed by atoms with van der Waals surface area (Å²) in [7, 11) is 1.93. The highest BCUT2D eigenvalue weighted by Crippen LogP contribution is 2.18. The van der Waals surface area contributed by atoms with Gasteiger partial charge in [0.05, 0.1) is 3.57 Å². The first-order valence-corrected chi connectivity index (χ1v) is 6.54. The average molecular weight is 343 g/mol. The zero-order valence-corrected chi connectivity index (χ0v) is 12.0. The number of aromatic nitrogens is 4. The summed E-state index contributed by atoms with van der Waals surface area (Å²) in [6.45, 7) is 3.04. The van der Waals surface area contributed by atoms with Gasteiger partial charge in [-0.05, 0) is 29.0 Å². The van der Waals surface area contributed by atoms with Crippen LogP contribution < -0.4 is 5.32 Å². The summed E-state index contributed by atoms with van der Waals surface area (Å²) < 4.78 is 2.93. The van der Waals surface area contributed by atoms with E-state index in [1.165, 1.54) is 0 Å². The third-order valence-electron chi connectivity index (χ3n) is 2.31. The molecule has 0 bridgehead atoms. The van der Waals surface area contributed by atoms with Gasteiger partial charge in [0.15, 0.2) is 11.6 Å². The van der Waals surface area contributed by atoms with Crippen molar-refractivity contribution >= 4 is 28.4 Å². The topological polar surface area (TPSA) is 55.6 Å². The Bertz CT molecular complexity index is 508. The van der Waals surface area contributed by atoms with Crippen LogP contribution in [0.1, 0.15) is 13.3 Å². The van der Waals surface area contributed by atoms with Crippen molar-refractivity contribution in [1.29, 1.82) is 0 Å². The third kappa shape index (κ3) is 2.74. The lowest BCUT2D eigenvalue weighted by Gasteiger charge is -2.07. The molecular formula is C11H14IN5. The number of halogens is 1. The highest BCUT2D eigenvalue weighted by Gasteiger charge is 2.09. The molecule has 0 saturated carbocycles. The molecule has 2 aromatic heterocycles. The molecule has 17 heavy (non-hydrogen) atoms.